The van der Waals surface area contributed by atoms with Gasteiger partial charge < -0.3 is 10.4 Å². The number of nitrogens with one attached hydrogen (secondary N) is 2. The van der Waals surface area contributed by atoms with Gasteiger partial charge in [-0.05, 0) is 46.4 Å². The minimum atomic E-state index is -0.778. The van der Waals surface area contributed by atoms with Crippen LogP contribution < -0.4 is 10.6 Å². The van der Waals surface area contributed by atoms with Gasteiger partial charge in [-0.2, -0.15) is 0 Å². The van der Waals surface area contributed by atoms with Crippen LogP contribution in [0.2, 0.25) is 0 Å². The lowest BCUT2D eigenvalue weighted by Crippen LogP contribution is -2.38. The number of carboxylic acid groups (broad SMARTS) is 1. The van der Waals surface area contributed by atoms with Crippen LogP contribution >= 0.6 is 45.2 Å². The number of benzene rings is 1. The summed E-state index contributed by atoms with van der Waals surface area (Å²) in [7, 11) is 0. The highest BCUT2D eigenvalue weighted by atomic mass is 127. The maximum atomic E-state index is 10.8. The molecule has 92 valence electrons. The molecule has 1 unspecified atom stereocenters. The second kappa shape index (κ2) is 5.70. The summed E-state index contributed by atoms with van der Waals surface area (Å²) in [5, 5.41) is 15.5. The van der Waals surface area contributed by atoms with E-state index in [9.17, 15) is 4.79 Å². The van der Waals surface area contributed by atoms with Gasteiger partial charge in [-0.15, -0.1) is 0 Å². The van der Waals surface area contributed by atoms with E-state index in [0.717, 1.165) is 12.2 Å². The first kappa shape index (κ1) is 13.3. The van der Waals surface area contributed by atoms with E-state index in [1.807, 2.05) is 12.1 Å². The van der Waals surface area contributed by atoms with E-state index < -0.39 is 5.97 Å². The fraction of sp³-hybridized carbons (Fsp3) is 0.364. The van der Waals surface area contributed by atoms with Crippen molar-refractivity contribution in [3.63, 3.8) is 0 Å². The molecular weight excluding hydrogens is 446 g/mol. The maximum Gasteiger partial charge on any atom is 0.305 e. The molecule has 0 aromatic heterocycles. The summed E-state index contributed by atoms with van der Waals surface area (Å²) in [5.41, 5.74) is 2.22. The van der Waals surface area contributed by atoms with Crippen LogP contribution in [0.5, 0.6) is 0 Å². The Kier molecular flexibility index (Phi) is 4.47. The molecule has 0 saturated heterocycles. The lowest BCUT2D eigenvalue weighted by molar-refractivity contribution is -0.137. The van der Waals surface area contributed by atoms with E-state index in [0.29, 0.717) is 0 Å². The average Bonchev–Trinajstić information content (AvgIpc) is 2.40. The highest BCUT2D eigenvalue weighted by Gasteiger charge is 2.25. The number of hydrogen-bond acceptors (Lipinski definition) is 3. The predicted octanol–water partition coefficient (Wildman–Crippen LogP) is 2.41. The summed E-state index contributed by atoms with van der Waals surface area (Å²) in [6.45, 7) is 0.767. The number of rotatable bonds is 2. The fourth-order valence-electron chi connectivity index (χ4n) is 1.81. The van der Waals surface area contributed by atoms with Crippen molar-refractivity contribution in [3.05, 3.63) is 27.3 Å². The third-order valence-corrected chi connectivity index (χ3v) is 4.62. The molecule has 0 amide bonds. The van der Waals surface area contributed by atoms with E-state index in [1.54, 1.807) is 0 Å². The number of alkyl halides is 1. The summed E-state index contributed by atoms with van der Waals surface area (Å²) < 4.78 is 1.29. The first-order valence-electron chi connectivity index (χ1n) is 5.20. The van der Waals surface area contributed by atoms with E-state index in [1.165, 1.54) is 9.13 Å². The predicted molar refractivity (Wildman–Crippen MR) is 83.5 cm³/mol. The van der Waals surface area contributed by atoms with E-state index in [-0.39, 0.29) is 16.5 Å². The van der Waals surface area contributed by atoms with Crippen molar-refractivity contribution >= 4 is 56.8 Å². The Morgan fingerprint density at radius 3 is 3.00 bits per heavy atom. The molecule has 1 aliphatic rings. The maximum absolute atomic E-state index is 10.8. The zero-order valence-electron chi connectivity index (χ0n) is 8.91. The van der Waals surface area contributed by atoms with Gasteiger partial charge in [-0.3, -0.25) is 10.1 Å². The number of aliphatic carboxylic acids is 1. The SMILES string of the molecule is O=C(O)C[C@@H]1Nc2ccc(I)cc2CNC1I. The number of carbonyl (C=O) groups is 1. The Morgan fingerprint density at radius 1 is 1.53 bits per heavy atom. The van der Waals surface area contributed by atoms with Gasteiger partial charge in [0.2, 0.25) is 0 Å². The van der Waals surface area contributed by atoms with Crippen molar-refractivity contribution < 1.29 is 9.90 Å². The zero-order chi connectivity index (χ0) is 12.4. The first-order valence-corrected chi connectivity index (χ1v) is 7.53. The van der Waals surface area contributed by atoms with Gasteiger partial charge in [0.25, 0.3) is 0 Å². The molecule has 1 aromatic carbocycles. The minimum Gasteiger partial charge on any atom is -0.481 e. The largest absolute Gasteiger partial charge is 0.481 e. The average molecular weight is 458 g/mol. The summed E-state index contributed by atoms with van der Waals surface area (Å²) in [5.74, 6) is -0.778. The Morgan fingerprint density at radius 2 is 2.29 bits per heavy atom. The Labute approximate surface area is 127 Å². The van der Waals surface area contributed by atoms with Gasteiger partial charge in [0.1, 0.15) is 0 Å². The first-order chi connectivity index (χ1) is 8.06. The number of halogens is 2. The number of fused-ring (bicyclic) bond motifs is 1. The van der Waals surface area contributed by atoms with Crippen LogP contribution in [0, 0.1) is 3.57 Å². The number of hydrogen-bond donors (Lipinski definition) is 3. The summed E-state index contributed by atoms with van der Waals surface area (Å²) in [6, 6.07) is 6.07. The normalized spacial score (nSPS) is 23.4. The number of carboxylic acids is 1. The standard InChI is InChI=1S/C11H12I2N2O2/c12-7-1-2-8-6(3-7)5-14-11(13)9(15-8)4-10(16)17/h1-3,9,11,14-15H,4-5H2,(H,16,17)/t9-,11?/m0/s1. The fourth-order valence-corrected chi connectivity index (χ4v) is 3.02. The molecule has 0 fully saturated rings. The molecule has 17 heavy (non-hydrogen) atoms. The Hall–Kier alpha value is -0.0900. The molecule has 0 radical (unpaired) electrons. The monoisotopic (exact) mass is 458 g/mol. The van der Waals surface area contributed by atoms with Gasteiger partial charge in [0, 0.05) is 15.8 Å². The van der Waals surface area contributed by atoms with Crippen molar-refractivity contribution in [1.82, 2.24) is 5.32 Å². The molecule has 6 heteroatoms. The van der Waals surface area contributed by atoms with Crippen LogP contribution in [-0.4, -0.2) is 21.2 Å². The van der Waals surface area contributed by atoms with E-state index >= 15 is 0 Å². The Balaban J connectivity index is 2.24. The van der Waals surface area contributed by atoms with Crippen molar-refractivity contribution in [2.24, 2.45) is 0 Å². The minimum absolute atomic E-state index is 0.0885. The molecule has 4 nitrogen and oxygen atoms in total. The van der Waals surface area contributed by atoms with Crippen LogP contribution in [0.15, 0.2) is 18.2 Å². The molecule has 1 aromatic rings. The summed E-state index contributed by atoms with van der Waals surface area (Å²) >= 11 is 4.52. The van der Waals surface area contributed by atoms with Crippen molar-refractivity contribution in [3.8, 4) is 0 Å². The van der Waals surface area contributed by atoms with E-state index in [4.69, 9.17) is 5.11 Å². The highest BCUT2D eigenvalue weighted by molar-refractivity contribution is 14.1. The summed E-state index contributed by atoms with van der Waals surface area (Å²) in [6.07, 6.45) is 0.117. The lowest BCUT2D eigenvalue weighted by Gasteiger charge is -2.20. The van der Waals surface area contributed by atoms with Gasteiger partial charge in [-0.25, -0.2) is 0 Å². The van der Waals surface area contributed by atoms with Crippen molar-refractivity contribution in [2.75, 3.05) is 5.32 Å². The molecule has 0 aliphatic carbocycles. The van der Waals surface area contributed by atoms with Crippen LogP contribution in [0.3, 0.4) is 0 Å². The van der Waals surface area contributed by atoms with Crippen LogP contribution in [0.25, 0.3) is 0 Å². The topological polar surface area (TPSA) is 61.4 Å². The third kappa shape index (κ3) is 3.44. The highest BCUT2D eigenvalue weighted by Crippen LogP contribution is 2.25. The second-order valence-corrected chi connectivity index (χ2v) is 6.52. The van der Waals surface area contributed by atoms with Crippen LogP contribution in [0.4, 0.5) is 5.69 Å². The lowest BCUT2D eigenvalue weighted by atomic mass is 10.1. The molecular formula is C11H12I2N2O2. The third-order valence-electron chi connectivity index (χ3n) is 2.64. The van der Waals surface area contributed by atoms with Crippen molar-refractivity contribution in [1.29, 1.82) is 0 Å². The molecule has 2 atom stereocenters. The zero-order valence-corrected chi connectivity index (χ0v) is 13.2. The molecule has 0 spiro atoms. The molecule has 2 rings (SSSR count). The number of anilines is 1. The van der Waals surface area contributed by atoms with Gasteiger partial charge in [0.15, 0.2) is 0 Å². The molecule has 1 aliphatic heterocycles. The smallest absolute Gasteiger partial charge is 0.305 e. The van der Waals surface area contributed by atoms with Crippen molar-refractivity contribution in [2.45, 2.75) is 23.1 Å². The molecule has 0 saturated carbocycles. The molecule has 3 N–H and O–H groups in total. The van der Waals surface area contributed by atoms with Gasteiger partial charge >= 0.3 is 5.97 Å². The van der Waals surface area contributed by atoms with Gasteiger partial charge in [0.05, 0.1) is 16.5 Å². The quantitative estimate of drug-likeness (QED) is 0.362. The van der Waals surface area contributed by atoms with Gasteiger partial charge in [-0.1, -0.05) is 22.6 Å². The van der Waals surface area contributed by atoms with Crippen LogP contribution in [-0.2, 0) is 11.3 Å². The second-order valence-electron chi connectivity index (χ2n) is 3.93. The summed E-state index contributed by atoms with van der Waals surface area (Å²) in [4.78, 5) is 10.8. The van der Waals surface area contributed by atoms with E-state index in [2.05, 4.69) is 61.9 Å². The molecule has 0 bridgehead atoms. The molecule has 1 heterocycles. The van der Waals surface area contributed by atoms with Crippen LogP contribution in [0.1, 0.15) is 12.0 Å². The Bertz CT molecular complexity index is 439.